The highest BCUT2D eigenvalue weighted by atomic mass is 14.9. The molecule has 3 aromatic carbocycles. The quantitative estimate of drug-likeness (QED) is 0.617. The van der Waals surface area contributed by atoms with Gasteiger partial charge >= 0.3 is 0 Å². The Bertz CT molecular complexity index is 753. The molecule has 0 unspecified atom stereocenters. The van der Waals surface area contributed by atoms with Crippen LogP contribution in [0.1, 0.15) is 30.5 Å². The predicted octanol–water partition coefficient (Wildman–Crippen LogP) is 6.06. The highest BCUT2D eigenvalue weighted by molar-refractivity contribution is 5.60. The molecule has 1 heteroatoms. The molecule has 0 saturated carbocycles. The van der Waals surface area contributed by atoms with Crippen LogP contribution >= 0.6 is 0 Å². The minimum absolute atomic E-state index is 0.00101. The molecule has 0 radical (unpaired) electrons. The minimum Gasteiger partial charge on any atom is -0.356 e. The van der Waals surface area contributed by atoms with E-state index in [0.29, 0.717) is 0 Å². The third kappa shape index (κ3) is 3.45. The van der Waals surface area contributed by atoms with Gasteiger partial charge in [0.05, 0.1) is 0 Å². The monoisotopic (exact) mass is 301 g/mol. The molecule has 0 aliphatic heterocycles. The van der Waals surface area contributed by atoms with Gasteiger partial charge in [0.25, 0.3) is 0 Å². The molecular formula is C22H23N. The van der Waals surface area contributed by atoms with Crippen molar-refractivity contribution in [3.8, 4) is 0 Å². The molecule has 0 fully saturated rings. The summed E-state index contributed by atoms with van der Waals surface area (Å²) >= 11 is 0. The highest BCUT2D eigenvalue weighted by Gasteiger charge is 2.22. The molecule has 0 aliphatic rings. The molecule has 0 spiro atoms. The van der Waals surface area contributed by atoms with Crippen molar-refractivity contribution < 1.29 is 0 Å². The lowest BCUT2D eigenvalue weighted by atomic mass is 9.78. The molecule has 3 aromatic rings. The van der Waals surface area contributed by atoms with E-state index in [4.69, 9.17) is 0 Å². The summed E-state index contributed by atoms with van der Waals surface area (Å²) < 4.78 is 0. The van der Waals surface area contributed by atoms with Crippen molar-refractivity contribution in [1.82, 2.24) is 0 Å². The Kier molecular flexibility index (Phi) is 4.20. The zero-order valence-corrected chi connectivity index (χ0v) is 14.0. The van der Waals surface area contributed by atoms with Crippen molar-refractivity contribution in [2.45, 2.75) is 26.2 Å². The number of anilines is 2. The Hall–Kier alpha value is -2.54. The smallest absolute Gasteiger partial charge is 0.0384 e. The van der Waals surface area contributed by atoms with Gasteiger partial charge in [0.15, 0.2) is 0 Å². The number of hydrogen-bond acceptors (Lipinski definition) is 1. The van der Waals surface area contributed by atoms with Crippen LogP contribution in [0.2, 0.25) is 0 Å². The van der Waals surface area contributed by atoms with Crippen LogP contribution in [0, 0.1) is 6.92 Å². The van der Waals surface area contributed by atoms with Gasteiger partial charge in [-0.1, -0.05) is 74.0 Å². The maximum Gasteiger partial charge on any atom is 0.0384 e. The van der Waals surface area contributed by atoms with Gasteiger partial charge in [-0.25, -0.2) is 0 Å². The van der Waals surface area contributed by atoms with Crippen molar-refractivity contribution in [2.24, 2.45) is 0 Å². The van der Waals surface area contributed by atoms with E-state index < -0.39 is 0 Å². The van der Waals surface area contributed by atoms with Crippen LogP contribution < -0.4 is 5.32 Å². The first-order valence-electron chi connectivity index (χ1n) is 8.05. The molecule has 0 aliphatic carbocycles. The van der Waals surface area contributed by atoms with Crippen LogP contribution in [0.4, 0.5) is 11.4 Å². The van der Waals surface area contributed by atoms with Crippen molar-refractivity contribution in [3.05, 3.63) is 95.6 Å². The number of para-hydroxylation sites is 1. The molecule has 0 amide bonds. The van der Waals surface area contributed by atoms with Crippen molar-refractivity contribution in [1.29, 1.82) is 0 Å². The zero-order valence-electron chi connectivity index (χ0n) is 14.0. The van der Waals surface area contributed by atoms with E-state index in [1.807, 2.05) is 18.2 Å². The number of benzene rings is 3. The molecule has 0 aromatic heterocycles. The van der Waals surface area contributed by atoms with Crippen LogP contribution in [0.3, 0.4) is 0 Å². The van der Waals surface area contributed by atoms with E-state index in [1.165, 1.54) is 16.7 Å². The average molecular weight is 301 g/mol. The van der Waals surface area contributed by atoms with Gasteiger partial charge in [-0.05, 0) is 42.3 Å². The lowest BCUT2D eigenvalue weighted by Crippen LogP contribution is -2.18. The minimum atomic E-state index is -0.00101. The maximum absolute atomic E-state index is 3.43. The molecule has 1 nitrogen and oxygen atoms in total. The van der Waals surface area contributed by atoms with Crippen LogP contribution in [-0.4, -0.2) is 0 Å². The van der Waals surface area contributed by atoms with Gasteiger partial charge in [-0.3, -0.25) is 0 Å². The summed E-state index contributed by atoms with van der Waals surface area (Å²) in [7, 11) is 0. The summed E-state index contributed by atoms with van der Waals surface area (Å²) in [4.78, 5) is 0. The lowest BCUT2D eigenvalue weighted by Gasteiger charge is -2.26. The Labute approximate surface area is 139 Å². The fourth-order valence-corrected chi connectivity index (χ4v) is 2.80. The van der Waals surface area contributed by atoms with Gasteiger partial charge < -0.3 is 5.32 Å². The molecular weight excluding hydrogens is 278 g/mol. The van der Waals surface area contributed by atoms with E-state index in [1.54, 1.807) is 0 Å². The summed E-state index contributed by atoms with van der Waals surface area (Å²) in [6.07, 6.45) is 0. The van der Waals surface area contributed by atoms with Gasteiger partial charge in [0, 0.05) is 16.8 Å². The normalized spacial score (nSPS) is 11.3. The van der Waals surface area contributed by atoms with Crippen LogP contribution in [-0.2, 0) is 5.41 Å². The fraction of sp³-hybridized carbons (Fsp3) is 0.182. The molecule has 23 heavy (non-hydrogen) atoms. The Morgan fingerprint density at radius 1 is 0.609 bits per heavy atom. The SMILES string of the molecule is Cc1ccc(C(C)(C)c2ccc(Nc3ccccc3)cc2)cc1. The topological polar surface area (TPSA) is 12.0 Å². The lowest BCUT2D eigenvalue weighted by molar-refractivity contribution is 0.641. The predicted molar refractivity (Wildman–Crippen MR) is 99.5 cm³/mol. The van der Waals surface area contributed by atoms with E-state index in [2.05, 4.69) is 86.8 Å². The molecule has 0 heterocycles. The van der Waals surface area contributed by atoms with Gasteiger partial charge in [-0.2, -0.15) is 0 Å². The molecule has 0 atom stereocenters. The van der Waals surface area contributed by atoms with E-state index >= 15 is 0 Å². The van der Waals surface area contributed by atoms with E-state index in [9.17, 15) is 0 Å². The number of hydrogen-bond donors (Lipinski definition) is 1. The first-order chi connectivity index (χ1) is 11.1. The highest BCUT2D eigenvalue weighted by Crippen LogP contribution is 2.32. The van der Waals surface area contributed by atoms with Crippen LogP contribution in [0.25, 0.3) is 0 Å². The third-order valence-corrected chi connectivity index (χ3v) is 4.44. The van der Waals surface area contributed by atoms with Crippen molar-refractivity contribution in [3.63, 3.8) is 0 Å². The average Bonchev–Trinajstić information content (AvgIpc) is 2.57. The second kappa shape index (κ2) is 6.29. The van der Waals surface area contributed by atoms with E-state index in [0.717, 1.165) is 11.4 Å². The standard InChI is InChI=1S/C22H23N/c1-17-9-11-18(12-10-17)22(2,3)19-13-15-21(16-14-19)23-20-7-5-4-6-8-20/h4-16,23H,1-3H3. The first-order valence-corrected chi connectivity index (χ1v) is 8.05. The second-order valence-corrected chi connectivity index (χ2v) is 6.56. The molecule has 1 N–H and O–H groups in total. The Balaban J connectivity index is 1.82. The zero-order chi connectivity index (χ0) is 16.3. The number of rotatable bonds is 4. The van der Waals surface area contributed by atoms with Gasteiger partial charge in [0.2, 0.25) is 0 Å². The van der Waals surface area contributed by atoms with E-state index in [-0.39, 0.29) is 5.41 Å². The Morgan fingerprint density at radius 3 is 1.65 bits per heavy atom. The Morgan fingerprint density at radius 2 is 1.09 bits per heavy atom. The van der Waals surface area contributed by atoms with Gasteiger partial charge in [0.1, 0.15) is 0 Å². The van der Waals surface area contributed by atoms with Crippen molar-refractivity contribution >= 4 is 11.4 Å². The summed E-state index contributed by atoms with van der Waals surface area (Å²) in [5, 5.41) is 3.43. The van der Waals surface area contributed by atoms with Gasteiger partial charge in [-0.15, -0.1) is 0 Å². The summed E-state index contributed by atoms with van der Waals surface area (Å²) in [6.45, 7) is 6.68. The molecule has 0 bridgehead atoms. The molecule has 116 valence electrons. The molecule has 0 saturated heterocycles. The number of aryl methyl sites for hydroxylation is 1. The third-order valence-electron chi connectivity index (χ3n) is 4.44. The van der Waals surface area contributed by atoms with Crippen molar-refractivity contribution in [2.75, 3.05) is 5.32 Å². The molecule has 3 rings (SSSR count). The second-order valence-electron chi connectivity index (χ2n) is 6.56. The summed E-state index contributed by atoms with van der Waals surface area (Å²) in [5.74, 6) is 0. The van der Waals surface area contributed by atoms with Crippen LogP contribution in [0.5, 0.6) is 0 Å². The maximum atomic E-state index is 3.43. The summed E-state index contributed by atoms with van der Waals surface area (Å²) in [6, 6.07) is 27.8. The fourth-order valence-electron chi connectivity index (χ4n) is 2.80. The summed E-state index contributed by atoms with van der Waals surface area (Å²) in [5.41, 5.74) is 6.18. The first kappa shape index (κ1) is 15.4. The van der Waals surface area contributed by atoms with Crippen LogP contribution in [0.15, 0.2) is 78.9 Å². The largest absolute Gasteiger partial charge is 0.356 e. The number of nitrogens with one attached hydrogen (secondary N) is 1.